The van der Waals surface area contributed by atoms with Crippen molar-refractivity contribution in [3.8, 4) is 44.8 Å². The predicted molar refractivity (Wildman–Crippen MR) is 394 cm³/mol. The fourth-order valence-corrected chi connectivity index (χ4v) is 18.7. The van der Waals surface area contributed by atoms with Gasteiger partial charge >= 0.3 is 0 Å². The van der Waals surface area contributed by atoms with Gasteiger partial charge in [0.25, 0.3) is 0 Å². The topological polar surface area (TPSA) is 9.86 Å². The maximum atomic E-state index is 2.56. The molecule has 4 heteroatoms. The van der Waals surface area contributed by atoms with Crippen molar-refractivity contribution in [1.29, 1.82) is 0 Å². The number of para-hydroxylation sites is 4. The Balaban J connectivity index is 0.679. The zero-order valence-electron chi connectivity index (χ0n) is 49.8. The van der Waals surface area contributed by atoms with E-state index in [1.165, 1.54) is 204 Å². The van der Waals surface area contributed by atoms with Gasteiger partial charge in [-0.25, -0.2) is 0 Å². The number of fused-ring (bicyclic) bond motifs is 27. The molecule has 1 aliphatic carbocycles. The van der Waals surface area contributed by atoms with Crippen molar-refractivity contribution >= 4 is 171 Å². The summed E-state index contributed by atoms with van der Waals surface area (Å²) in [5, 5.41) is 25.8. The molecule has 1 aliphatic rings. The second-order valence-electron chi connectivity index (χ2n) is 25.8. The molecule has 91 heavy (non-hydrogen) atoms. The summed E-state index contributed by atoms with van der Waals surface area (Å²) in [7, 11) is 0. The molecule has 0 atom stereocenters. The molecule has 0 spiro atoms. The minimum absolute atomic E-state index is 0.247. The third kappa shape index (κ3) is 6.90. The Hall–Kier alpha value is -10.9. The van der Waals surface area contributed by atoms with Gasteiger partial charge in [-0.2, -0.15) is 0 Å². The lowest BCUT2D eigenvalue weighted by Crippen LogP contribution is -2.15. The van der Waals surface area contributed by atoms with Crippen LogP contribution in [0.25, 0.3) is 193 Å². The molecule has 0 N–H and O–H groups in total. The molecule has 21 rings (SSSR count). The molecule has 0 fully saturated rings. The summed E-state index contributed by atoms with van der Waals surface area (Å²) >= 11 is 3.76. The number of hydrogen-bond donors (Lipinski definition) is 0. The normalized spacial score (nSPS) is 13.3. The van der Waals surface area contributed by atoms with E-state index in [4.69, 9.17) is 0 Å². The van der Waals surface area contributed by atoms with Crippen LogP contribution < -0.4 is 0 Å². The Morgan fingerprint density at radius 1 is 0.220 bits per heavy atom. The van der Waals surface area contributed by atoms with Gasteiger partial charge in [0, 0.05) is 78.7 Å². The number of aromatic nitrogens is 2. The molecule has 2 nitrogen and oxygen atoms in total. The second-order valence-corrected chi connectivity index (χ2v) is 28.0. The molecule has 20 aromatic rings. The zero-order valence-corrected chi connectivity index (χ0v) is 51.4. The first-order chi connectivity index (χ1) is 44.8. The van der Waals surface area contributed by atoms with Gasteiger partial charge in [0.1, 0.15) is 0 Å². The Kier molecular flexibility index (Phi) is 9.98. The third-order valence-electron chi connectivity index (χ3n) is 20.8. The molecule has 4 aromatic heterocycles. The van der Waals surface area contributed by atoms with Gasteiger partial charge in [0.05, 0.1) is 22.1 Å². The van der Waals surface area contributed by atoms with Gasteiger partial charge in [0.2, 0.25) is 0 Å². The lowest BCUT2D eigenvalue weighted by atomic mass is 9.80. The molecule has 0 amide bonds. The van der Waals surface area contributed by atoms with Gasteiger partial charge in [-0.15, -0.1) is 22.7 Å². The number of rotatable bonds is 4. The van der Waals surface area contributed by atoms with Crippen molar-refractivity contribution in [2.24, 2.45) is 0 Å². The first-order valence-corrected chi connectivity index (χ1v) is 33.2. The van der Waals surface area contributed by atoms with Crippen molar-refractivity contribution < 1.29 is 0 Å². The standard InChI is InChI=1S/C87H52N2S2/c1-87(2)77-47-69-59-33-27-49(51-29-35-83-73(41-51)75-43-53(31-37-85(75)90-83)88-79-23-11-7-19-61(79)62-20-8-12-24-80(62)88)39-65(59)55-15-3-5-17-57(55)67(69)45-71(77)72-46-68-58-18-6-4-16-56(58)66-40-50(28-34-60(66)70(68)48-78(72)87)52-30-36-84-74(42-52)76-44-54(32-38-86(76)91-84)89-81-25-13-9-21-63(81)64-22-10-14-26-82(64)89/h3-48H,1-2H3. The number of thiophene rings is 2. The summed E-state index contributed by atoms with van der Waals surface area (Å²) in [6.45, 7) is 4.90. The van der Waals surface area contributed by atoms with E-state index < -0.39 is 0 Å². The maximum absolute atomic E-state index is 2.56. The van der Waals surface area contributed by atoms with Gasteiger partial charge < -0.3 is 9.13 Å². The van der Waals surface area contributed by atoms with Gasteiger partial charge in [-0.1, -0.05) is 172 Å². The van der Waals surface area contributed by atoms with E-state index in [1.54, 1.807) is 0 Å². The van der Waals surface area contributed by atoms with E-state index in [-0.39, 0.29) is 5.41 Å². The Bertz CT molecular complexity index is 6170. The van der Waals surface area contributed by atoms with Crippen LogP contribution in [0.15, 0.2) is 279 Å². The van der Waals surface area contributed by atoms with Crippen LogP contribution in [-0.4, -0.2) is 9.13 Å². The molecular formula is C87H52N2S2. The van der Waals surface area contributed by atoms with Crippen LogP contribution in [0, 0.1) is 0 Å². The highest BCUT2D eigenvalue weighted by Gasteiger charge is 2.37. The Morgan fingerprint density at radius 3 is 0.846 bits per heavy atom. The van der Waals surface area contributed by atoms with E-state index in [9.17, 15) is 0 Å². The van der Waals surface area contributed by atoms with E-state index in [1.807, 2.05) is 22.7 Å². The fourth-order valence-electron chi connectivity index (χ4n) is 16.6. The Labute approximate surface area is 530 Å². The summed E-state index contributed by atoms with van der Waals surface area (Å²) in [6.07, 6.45) is 0. The number of nitrogens with zero attached hydrogens (tertiary/aromatic N) is 2. The van der Waals surface area contributed by atoms with Crippen molar-refractivity contribution in [3.05, 3.63) is 290 Å². The lowest BCUT2D eigenvalue weighted by Gasteiger charge is -2.23. The first kappa shape index (κ1) is 50.0. The third-order valence-corrected chi connectivity index (χ3v) is 23.1. The van der Waals surface area contributed by atoms with Gasteiger partial charge in [0.15, 0.2) is 0 Å². The van der Waals surface area contributed by atoms with Crippen molar-refractivity contribution in [2.75, 3.05) is 0 Å². The monoisotopic (exact) mass is 1190 g/mol. The highest BCUT2D eigenvalue weighted by molar-refractivity contribution is 7.26. The fraction of sp³-hybridized carbons (Fsp3) is 0.0345. The summed E-state index contributed by atoms with van der Waals surface area (Å²) in [4.78, 5) is 0. The molecule has 0 unspecified atom stereocenters. The zero-order chi connectivity index (χ0) is 59.5. The molecule has 422 valence electrons. The molecule has 4 heterocycles. The first-order valence-electron chi connectivity index (χ1n) is 31.6. The molecule has 0 aliphatic heterocycles. The van der Waals surface area contributed by atoms with Crippen LogP contribution in [0.5, 0.6) is 0 Å². The number of hydrogen-bond acceptors (Lipinski definition) is 2. The maximum Gasteiger partial charge on any atom is 0.0541 e. The average Bonchev–Trinajstić information content (AvgIpc) is 1.67. The minimum Gasteiger partial charge on any atom is -0.309 e. The highest BCUT2D eigenvalue weighted by Crippen LogP contribution is 2.54. The minimum atomic E-state index is -0.247. The highest BCUT2D eigenvalue weighted by atomic mass is 32.1. The lowest BCUT2D eigenvalue weighted by molar-refractivity contribution is 0.662. The van der Waals surface area contributed by atoms with Crippen molar-refractivity contribution in [2.45, 2.75) is 19.3 Å². The predicted octanol–water partition coefficient (Wildman–Crippen LogP) is 25.2. The van der Waals surface area contributed by atoms with Crippen LogP contribution in [0.4, 0.5) is 0 Å². The van der Waals surface area contributed by atoms with E-state index in [0.29, 0.717) is 0 Å². The van der Waals surface area contributed by atoms with Crippen LogP contribution in [0.2, 0.25) is 0 Å². The molecule has 0 radical (unpaired) electrons. The second kappa shape index (κ2) is 18.1. The summed E-state index contributed by atoms with van der Waals surface area (Å²) in [5.41, 5.74) is 17.4. The smallest absolute Gasteiger partial charge is 0.0541 e. The largest absolute Gasteiger partial charge is 0.309 e. The van der Waals surface area contributed by atoms with Crippen LogP contribution in [0.1, 0.15) is 25.0 Å². The quantitative estimate of drug-likeness (QED) is 0.155. The van der Waals surface area contributed by atoms with Crippen molar-refractivity contribution in [1.82, 2.24) is 9.13 Å². The van der Waals surface area contributed by atoms with Gasteiger partial charge in [-0.05, 0) is 230 Å². The van der Waals surface area contributed by atoms with Crippen LogP contribution >= 0.6 is 22.7 Å². The molecule has 0 bridgehead atoms. The van der Waals surface area contributed by atoms with Crippen molar-refractivity contribution in [3.63, 3.8) is 0 Å². The average molecular weight is 1190 g/mol. The molecule has 0 saturated carbocycles. The van der Waals surface area contributed by atoms with Crippen LogP contribution in [0.3, 0.4) is 0 Å². The molecule has 16 aromatic carbocycles. The molecular weight excluding hydrogens is 1140 g/mol. The SMILES string of the molecule is CC1(C)c2cc3c4ccc(-c5ccc6sc7ccc(-n8c9ccccc9c9ccccc98)cc7c6c5)cc4c4ccccc4c3cc2-c2cc3c4ccccc4c4cc(-c5ccc6sc7ccc(-n8c9ccccc9c9ccccc98)cc7c6c5)ccc4c3cc21. The van der Waals surface area contributed by atoms with E-state index >= 15 is 0 Å². The summed E-state index contributed by atoms with van der Waals surface area (Å²) in [5.74, 6) is 0. The van der Waals surface area contributed by atoms with Gasteiger partial charge in [-0.3, -0.25) is 0 Å². The van der Waals surface area contributed by atoms with E-state index in [2.05, 4.69) is 302 Å². The van der Waals surface area contributed by atoms with E-state index in [0.717, 1.165) is 0 Å². The summed E-state index contributed by atoms with van der Waals surface area (Å²) in [6, 6.07) is 106. The number of benzene rings is 16. The summed E-state index contributed by atoms with van der Waals surface area (Å²) < 4.78 is 10.1. The Morgan fingerprint density at radius 2 is 0.484 bits per heavy atom. The van der Waals surface area contributed by atoms with Crippen LogP contribution in [-0.2, 0) is 5.41 Å². The molecule has 0 saturated heterocycles.